The van der Waals surface area contributed by atoms with Crippen LogP contribution in [0.25, 0.3) is 10.9 Å². The van der Waals surface area contributed by atoms with E-state index in [1.54, 1.807) is 45.0 Å². The first-order chi connectivity index (χ1) is 8.42. The maximum atomic E-state index is 12.0. The third-order valence-corrected chi connectivity index (χ3v) is 2.26. The fourth-order valence-electron chi connectivity index (χ4n) is 1.59. The predicted octanol–water partition coefficient (Wildman–Crippen LogP) is 2.69. The summed E-state index contributed by atoms with van der Waals surface area (Å²) in [6, 6.07) is 9.03. The van der Waals surface area contributed by atoms with Gasteiger partial charge in [-0.3, -0.25) is 0 Å². The summed E-state index contributed by atoms with van der Waals surface area (Å²) in [5.41, 5.74) is 0.191. The van der Waals surface area contributed by atoms with Gasteiger partial charge in [0.1, 0.15) is 11.7 Å². The fraction of sp³-hybridized carbons (Fsp3) is 0.308. The maximum Gasteiger partial charge on any atom is 0.435 e. The van der Waals surface area contributed by atoms with E-state index in [0.717, 1.165) is 4.68 Å². The monoisotopic (exact) mass is 243 g/mol. The van der Waals surface area contributed by atoms with E-state index in [0.29, 0.717) is 10.9 Å². The lowest BCUT2D eigenvalue weighted by Crippen LogP contribution is -2.27. The smallest absolute Gasteiger partial charge is 0.435 e. The van der Waals surface area contributed by atoms with Crippen molar-refractivity contribution in [3.8, 4) is 6.07 Å². The molecule has 0 bridgehead atoms. The Bertz CT molecular complexity index is 644. The van der Waals surface area contributed by atoms with Crippen LogP contribution in [0.4, 0.5) is 4.79 Å². The molecule has 0 aliphatic rings. The molecule has 18 heavy (non-hydrogen) atoms. The van der Waals surface area contributed by atoms with Crippen LogP contribution >= 0.6 is 0 Å². The lowest BCUT2D eigenvalue weighted by Gasteiger charge is -2.19. The Balaban J connectivity index is 2.53. The van der Waals surface area contributed by atoms with Gasteiger partial charge in [0.25, 0.3) is 0 Å². The molecule has 2 aromatic rings. The number of fused-ring (bicyclic) bond motifs is 1. The molecule has 92 valence electrons. The normalized spacial score (nSPS) is 11.2. The van der Waals surface area contributed by atoms with Gasteiger partial charge in [-0.05, 0) is 32.9 Å². The van der Waals surface area contributed by atoms with Gasteiger partial charge in [-0.15, -0.1) is 0 Å². The van der Waals surface area contributed by atoms with Crippen LogP contribution in [-0.2, 0) is 4.74 Å². The molecule has 2 rings (SSSR count). The van der Waals surface area contributed by atoms with Gasteiger partial charge in [-0.25, -0.2) is 4.79 Å². The quantitative estimate of drug-likeness (QED) is 0.713. The first kappa shape index (κ1) is 12.1. The molecule has 0 spiro atoms. The van der Waals surface area contributed by atoms with Gasteiger partial charge in [0, 0.05) is 5.39 Å². The Kier molecular flexibility index (Phi) is 2.79. The molecule has 0 unspecified atom stereocenters. The van der Waals surface area contributed by atoms with Gasteiger partial charge >= 0.3 is 6.09 Å². The first-order valence-electron chi connectivity index (χ1n) is 5.53. The van der Waals surface area contributed by atoms with Crippen molar-refractivity contribution < 1.29 is 9.53 Å². The van der Waals surface area contributed by atoms with Crippen molar-refractivity contribution in [3.05, 3.63) is 30.0 Å². The molecule has 0 saturated heterocycles. The average Bonchev–Trinajstić information content (AvgIpc) is 2.65. The number of rotatable bonds is 0. The summed E-state index contributed by atoms with van der Waals surface area (Å²) in [5.74, 6) is 0. The molecule has 5 heteroatoms. The topological polar surface area (TPSA) is 67.9 Å². The maximum absolute atomic E-state index is 12.0. The standard InChI is InChI=1S/C13H13N3O2/c1-13(2,3)18-12(17)16-11-7-5-4-6-9(11)10(8-14)15-16/h4-7H,1-3H3. The number of para-hydroxylation sites is 1. The number of hydrogen-bond acceptors (Lipinski definition) is 4. The molecule has 0 amide bonds. The van der Waals surface area contributed by atoms with Gasteiger partial charge in [0.15, 0.2) is 5.69 Å². The molecule has 5 nitrogen and oxygen atoms in total. The fourth-order valence-corrected chi connectivity index (χ4v) is 1.59. The zero-order chi connectivity index (χ0) is 13.3. The average molecular weight is 243 g/mol. The molecule has 1 heterocycles. The van der Waals surface area contributed by atoms with Crippen LogP contribution in [0.15, 0.2) is 24.3 Å². The van der Waals surface area contributed by atoms with E-state index in [2.05, 4.69) is 5.10 Å². The number of nitriles is 1. The van der Waals surface area contributed by atoms with Crippen LogP contribution in [-0.4, -0.2) is 21.5 Å². The van der Waals surface area contributed by atoms with Crippen LogP contribution in [0.3, 0.4) is 0 Å². The van der Waals surface area contributed by atoms with E-state index in [9.17, 15) is 4.79 Å². The lowest BCUT2D eigenvalue weighted by atomic mass is 10.2. The number of ether oxygens (including phenoxy) is 1. The molecule has 0 atom stereocenters. The Hall–Kier alpha value is -2.35. The van der Waals surface area contributed by atoms with Gasteiger partial charge in [-0.1, -0.05) is 12.1 Å². The number of benzene rings is 1. The van der Waals surface area contributed by atoms with Crippen molar-refractivity contribution in [2.24, 2.45) is 0 Å². The molecule has 0 aliphatic heterocycles. The van der Waals surface area contributed by atoms with Crippen molar-refractivity contribution in [1.29, 1.82) is 5.26 Å². The molecule has 0 aliphatic carbocycles. The van der Waals surface area contributed by atoms with Crippen molar-refractivity contribution in [2.45, 2.75) is 26.4 Å². The number of hydrogen-bond donors (Lipinski definition) is 0. The Morgan fingerprint density at radius 2 is 2.06 bits per heavy atom. The second-order valence-electron chi connectivity index (χ2n) is 4.87. The SMILES string of the molecule is CC(C)(C)OC(=O)n1nc(C#N)c2ccccc21. The summed E-state index contributed by atoms with van der Waals surface area (Å²) in [4.78, 5) is 12.0. The molecular weight excluding hydrogens is 230 g/mol. The Labute approximate surface area is 105 Å². The number of nitrogens with zero attached hydrogens (tertiary/aromatic N) is 3. The summed E-state index contributed by atoms with van der Waals surface area (Å²) in [7, 11) is 0. The molecule has 0 N–H and O–H groups in total. The lowest BCUT2D eigenvalue weighted by molar-refractivity contribution is 0.0522. The summed E-state index contributed by atoms with van der Waals surface area (Å²) >= 11 is 0. The highest BCUT2D eigenvalue weighted by Crippen LogP contribution is 2.19. The summed E-state index contributed by atoms with van der Waals surface area (Å²) in [5, 5.41) is 13.6. The molecular formula is C13H13N3O2. The largest absolute Gasteiger partial charge is 0.442 e. The minimum atomic E-state index is -0.600. The molecule has 1 aromatic carbocycles. The third-order valence-electron chi connectivity index (χ3n) is 2.26. The third kappa shape index (κ3) is 2.18. The highest BCUT2D eigenvalue weighted by molar-refractivity contribution is 5.91. The van der Waals surface area contributed by atoms with Crippen LogP contribution in [0.1, 0.15) is 26.5 Å². The van der Waals surface area contributed by atoms with Crippen molar-refractivity contribution >= 4 is 17.0 Å². The highest BCUT2D eigenvalue weighted by atomic mass is 16.6. The van der Waals surface area contributed by atoms with Crippen molar-refractivity contribution in [2.75, 3.05) is 0 Å². The predicted molar refractivity (Wildman–Crippen MR) is 66.1 cm³/mol. The van der Waals surface area contributed by atoms with E-state index in [-0.39, 0.29) is 5.69 Å². The number of carbonyl (C=O) groups is 1. The number of carbonyl (C=O) groups excluding carboxylic acids is 1. The molecule has 0 fully saturated rings. The zero-order valence-electron chi connectivity index (χ0n) is 10.5. The summed E-state index contributed by atoms with van der Waals surface area (Å²) in [6.45, 7) is 5.34. The molecule has 1 aromatic heterocycles. The minimum absolute atomic E-state index is 0.219. The van der Waals surface area contributed by atoms with Crippen LogP contribution < -0.4 is 0 Å². The van der Waals surface area contributed by atoms with E-state index in [4.69, 9.17) is 10.00 Å². The van der Waals surface area contributed by atoms with E-state index >= 15 is 0 Å². The van der Waals surface area contributed by atoms with E-state index < -0.39 is 11.7 Å². The second-order valence-corrected chi connectivity index (χ2v) is 4.87. The molecule has 0 radical (unpaired) electrons. The first-order valence-corrected chi connectivity index (χ1v) is 5.53. The minimum Gasteiger partial charge on any atom is -0.442 e. The Morgan fingerprint density at radius 3 is 2.67 bits per heavy atom. The van der Waals surface area contributed by atoms with Crippen LogP contribution in [0.5, 0.6) is 0 Å². The van der Waals surface area contributed by atoms with Gasteiger partial charge in [0.05, 0.1) is 5.52 Å². The van der Waals surface area contributed by atoms with Crippen LogP contribution in [0, 0.1) is 11.3 Å². The Morgan fingerprint density at radius 1 is 1.39 bits per heavy atom. The van der Waals surface area contributed by atoms with Crippen LogP contribution in [0.2, 0.25) is 0 Å². The van der Waals surface area contributed by atoms with Crippen molar-refractivity contribution in [3.63, 3.8) is 0 Å². The summed E-state index contributed by atoms with van der Waals surface area (Å²) < 4.78 is 6.37. The van der Waals surface area contributed by atoms with E-state index in [1.807, 2.05) is 6.07 Å². The van der Waals surface area contributed by atoms with Gasteiger partial charge < -0.3 is 4.74 Å². The van der Waals surface area contributed by atoms with Gasteiger partial charge in [-0.2, -0.15) is 15.0 Å². The molecule has 0 saturated carbocycles. The summed E-state index contributed by atoms with van der Waals surface area (Å²) in [6.07, 6.45) is -0.583. The zero-order valence-corrected chi connectivity index (χ0v) is 10.5. The number of aromatic nitrogens is 2. The van der Waals surface area contributed by atoms with Crippen molar-refractivity contribution in [1.82, 2.24) is 9.78 Å². The van der Waals surface area contributed by atoms with E-state index in [1.165, 1.54) is 0 Å². The second kappa shape index (κ2) is 4.15. The highest BCUT2D eigenvalue weighted by Gasteiger charge is 2.21. The van der Waals surface area contributed by atoms with Gasteiger partial charge in [0.2, 0.25) is 0 Å².